The first-order chi connectivity index (χ1) is 17.8. The van der Waals surface area contributed by atoms with Crippen LogP contribution in [0, 0.1) is 6.92 Å². The molecule has 1 N–H and O–H groups in total. The molecular formula is C20H16B2ClN5O7S2. The fraction of sp³-hybridized carbons (Fsp3) is 0.300. The van der Waals surface area contributed by atoms with Crippen LogP contribution in [0.5, 0.6) is 0 Å². The Morgan fingerprint density at radius 2 is 2.05 bits per heavy atom. The Labute approximate surface area is 224 Å². The van der Waals surface area contributed by atoms with E-state index >= 15 is 0 Å². The van der Waals surface area contributed by atoms with Gasteiger partial charge in [0.25, 0.3) is 5.91 Å². The van der Waals surface area contributed by atoms with Crippen molar-refractivity contribution < 1.29 is 32.7 Å². The number of amides is 1. The Morgan fingerprint density at radius 3 is 2.65 bits per heavy atom. The van der Waals surface area contributed by atoms with Gasteiger partial charge in [-0.1, -0.05) is 30.3 Å². The van der Waals surface area contributed by atoms with Gasteiger partial charge in [0.05, 0.1) is 16.6 Å². The first-order valence-corrected chi connectivity index (χ1v) is 13.1. The molecule has 4 atom stereocenters. The normalized spacial score (nSPS) is 22.1. The quantitative estimate of drug-likeness (QED) is 0.116. The summed E-state index contributed by atoms with van der Waals surface area (Å²) in [4.78, 5) is 52.8. The molecule has 12 nitrogen and oxygen atoms in total. The molecular weight excluding hydrogens is 543 g/mol. The predicted molar refractivity (Wildman–Crippen MR) is 133 cm³/mol. The smallest absolute Gasteiger partial charge is 0.378 e. The van der Waals surface area contributed by atoms with E-state index in [0.717, 1.165) is 16.4 Å². The number of rotatable bonds is 8. The predicted octanol–water partition coefficient (Wildman–Crippen LogP) is -0.0989. The summed E-state index contributed by atoms with van der Waals surface area (Å²) < 4.78 is 25.8. The first kappa shape index (κ1) is 27.0. The van der Waals surface area contributed by atoms with Gasteiger partial charge in [-0.3, -0.25) is 23.5 Å². The number of alkyl halides is 1. The Bertz CT molecular complexity index is 1310. The van der Waals surface area contributed by atoms with Crippen molar-refractivity contribution in [1.82, 2.24) is 19.7 Å². The highest BCUT2D eigenvalue weighted by Gasteiger charge is 2.57. The number of aliphatic imine (C=N–C) groups is 1. The van der Waals surface area contributed by atoms with Gasteiger partial charge in [-0.15, -0.1) is 11.6 Å². The van der Waals surface area contributed by atoms with Crippen molar-refractivity contribution in [1.29, 1.82) is 0 Å². The van der Waals surface area contributed by atoms with E-state index in [1.165, 1.54) is 0 Å². The molecule has 37 heavy (non-hydrogen) atoms. The Hall–Kier alpha value is -3.07. The van der Waals surface area contributed by atoms with Gasteiger partial charge >= 0.3 is 28.0 Å². The average Bonchev–Trinajstić information content (AvgIpc) is 3.35. The lowest BCUT2D eigenvalue weighted by molar-refractivity contribution is -0.150. The molecule has 17 heteroatoms. The van der Waals surface area contributed by atoms with Gasteiger partial charge in [0.15, 0.2) is 11.9 Å². The second kappa shape index (κ2) is 11.5. The number of aromatic nitrogens is 2. The third-order valence-corrected chi connectivity index (χ3v) is 7.93. The van der Waals surface area contributed by atoms with Gasteiger partial charge in [0.1, 0.15) is 16.1 Å². The lowest BCUT2D eigenvalue weighted by atomic mass is 10.0. The van der Waals surface area contributed by atoms with Crippen molar-refractivity contribution in [2.75, 3.05) is 11.6 Å². The Morgan fingerprint density at radius 1 is 1.32 bits per heavy atom. The molecule has 2 aliphatic heterocycles. The molecule has 1 fully saturated rings. The SMILES string of the molecule is [B]OC(=O)C1=C(CCl)CS(=O)[C@@H]2[C@H](N=C(NO[C@H](C(=O)O[B])c3ccccc3)c3nsc(C)n3)C(=O)N12. The molecule has 3 heterocycles. The van der Waals surface area contributed by atoms with Crippen molar-refractivity contribution in [3.8, 4) is 0 Å². The van der Waals surface area contributed by atoms with E-state index in [1.54, 1.807) is 37.3 Å². The van der Waals surface area contributed by atoms with Crippen molar-refractivity contribution >= 4 is 73.7 Å². The summed E-state index contributed by atoms with van der Waals surface area (Å²) in [5.41, 5.74) is 3.02. The van der Waals surface area contributed by atoms with Crippen LogP contribution in [-0.4, -0.2) is 81.3 Å². The first-order valence-electron chi connectivity index (χ1n) is 10.5. The summed E-state index contributed by atoms with van der Waals surface area (Å²) in [5, 5.41) is -0.431. The number of hydroxylamine groups is 1. The molecule has 2 aromatic rings. The zero-order valence-corrected chi connectivity index (χ0v) is 21.4. The van der Waals surface area contributed by atoms with E-state index in [1.807, 2.05) is 0 Å². The number of fused-ring (bicyclic) bond motifs is 1. The summed E-state index contributed by atoms with van der Waals surface area (Å²) in [6, 6.07) is 7.13. The number of nitrogens with zero attached hydrogens (tertiary/aromatic N) is 4. The molecule has 0 saturated carbocycles. The second-order valence-corrected chi connectivity index (χ2v) is 10.4. The number of carbonyl (C=O) groups is 3. The van der Waals surface area contributed by atoms with E-state index < -0.39 is 46.2 Å². The molecule has 4 rings (SSSR count). The van der Waals surface area contributed by atoms with Crippen molar-refractivity contribution in [2.45, 2.75) is 24.4 Å². The van der Waals surface area contributed by atoms with Crippen LogP contribution in [0.15, 0.2) is 46.6 Å². The monoisotopic (exact) mass is 559 g/mol. The van der Waals surface area contributed by atoms with E-state index in [2.05, 4.69) is 29.1 Å². The van der Waals surface area contributed by atoms with Crippen LogP contribution in [0.25, 0.3) is 0 Å². The van der Waals surface area contributed by atoms with Gasteiger partial charge < -0.3 is 9.31 Å². The third kappa shape index (κ3) is 5.32. The van der Waals surface area contributed by atoms with Crippen LogP contribution in [0.1, 0.15) is 22.5 Å². The zero-order valence-electron chi connectivity index (χ0n) is 19.0. The molecule has 2 aliphatic rings. The largest absolute Gasteiger partial charge is 0.541 e. The maximum Gasteiger partial charge on any atom is 0.378 e. The summed E-state index contributed by atoms with van der Waals surface area (Å²) in [5.74, 6) is -2.86. The number of hydrogen-bond donors (Lipinski definition) is 1. The number of benzene rings is 1. The molecule has 1 saturated heterocycles. The van der Waals surface area contributed by atoms with Gasteiger partial charge in [-0.05, 0) is 29.6 Å². The van der Waals surface area contributed by atoms with E-state index in [9.17, 15) is 18.6 Å². The average molecular weight is 560 g/mol. The minimum Gasteiger partial charge on any atom is -0.541 e. The molecule has 4 radical (unpaired) electrons. The number of β-lactam (4-membered cyclic amide) rings is 1. The number of amidine groups is 1. The lowest BCUT2D eigenvalue weighted by Crippen LogP contribution is -2.68. The molecule has 188 valence electrons. The number of aryl methyl sites for hydroxylation is 1. The molecule has 1 aromatic heterocycles. The van der Waals surface area contributed by atoms with E-state index in [-0.39, 0.29) is 34.6 Å². The fourth-order valence-corrected chi connectivity index (χ4v) is 6.15. The summed E-state index contributed by atoms with van der Waals surface area (Å²) >= 11 is 6.95. The van der Waals surface area contributed by atoms with Crippen LogP contribution in [0.2, 0.25) is 0 Å². The van der Waals surface area contributed by atoms with Crippen LogP contribution in [0.3, 0.4) is 0 Å². The second-order valence-electron chi connectivity index (χ2n) is 7.62. The van der Waals surface area contributed by atoms with Gasteiger partial charge in [0.2, 0.25) is 11.9 Å². The molecule has 1 amide bonds. The Balaban J connectivity index is 1.66. The van der Waals surface area contributed by atoms with E-state index in [0.29, 0.717) is 10.6 Å². The highest BCUT2D eigenvalue weighted by Crippen LogP contribution is 2.37. The molecule has 1 aromatic carbocycles. The highest BCUT2D eigenvalue weighted by molar-refractivity contribution is 7.86. The van der Waals surface area contributed by atoms with Crippen molar-refractivity contribution in [2.24, 2.45) is 4.99 Å². The van der Waals surface area contributed by atoms with Crippen molar-refractivity contribution in [3.05, 3.63) is 58.0 Å². The fourth-order valence-electron chi connectivity index (χ4n) is 3.68. The molecule has 0 aliphatic carbocycles. The number of halogens is 1. The summed E-state index contributed by atoms with van der Waals surface area (Å²) in [6.07, 6.45) is -1.31. The maximum absolute atomic E-state index is 13.1. The molecule has 1 unspecified atom stereocenters. The molecule has 0 bridgehead atoms. The van der Waals surface area contributed by atoms with Crippen LogP contribution >= 0.6 is 23.1 Å². The standard InChI is InChI=1S/C20H16B2ClN5O7S2/c1-9-24-16(27-36-9)15(26-35-14(20(31)34-22)10-5-3-2-4-6-10)25-12-17(29)28-13(19(30)33-21)11(7-23)8-37(32)18(12)28/h2-6,12,14,18H,7-8H2,1H3,(H,25,26)/t12-,14+,18-,37?/m1/s1. The number of nitrogens with one attached hydrogen (secondary N) is 1. The van der Waals surface area contributed by atoms with E-state index in [4.69, 9.17) is 32.5 Å². The van der Waals surface area contributed by atoms with Crippen LogP contribution in [-0.2, 0) is 39.3 Å². The van der Waals surface area contributed by atoms with Gasteiger partial charge in [-0.25, -0.2) is 20.3 Å². The number of carbonyl (C=O) groups excluding carboxylic acids is 3. The topological polar surface area (TPSA) is 149 Å². The third-order valence-electron chi connectivity index (χ3n) is 5.35. The summed E-state index contributed by atoms with van der Waals surface area (Å²) in [6.45, 7) is 1.70. The number of hydrogen-bond acceptors (Lipinski definition) is 11. The Kier molecular flexibility index (Phi) is 8.42. The van der Waals surface area contributed by atoms with Crippen LogP contribution in [0.4, 0.5) is 0 Å². The highest BCUT2D eigenvalue weighted by atomic mass is 35.5. The summed E-state index contributed by atoms with van der Waals surface area (Å²) in [7, 11) is 8.43. The minimum atomic E-state index is -1.66. The van der Waals surface area contributed by atoms with Gasteiger partial charge in [0, 0.05) is 5.88 Å². The van der Waals surface area contributed by atoms with Crippen molar-refractivity contribution in [3.63, 3.8) is 0 Å². The minimum absolute atomic E-state index is 0.0573. The maximum atomic E-state index is 13.1. The van der Waals surface area contributed by atoms with Crippen LogP contribution < -0.4 is 5.48 Å². The van der Waals surface area contributed by atoms with Gasteiger partial charge in [-0.2, -0.15) is 4.37 Å². The zero-order chi connectivity index (χ0) is 26.7. The lowest BCUT2D eigenvalue weighted by Gasteiger charge is -2.47. The molecule has 0 spiro atoms.